The van der Waals surface area contributed by atoms with Crippen molar-refractivity contribution in [1.29, 1.82) is 0 Å². The molecule has 9 heteroatoms. The third-order valence-corrected chi connectivity index (χ3v) is 6.65. The number of nitrogens with zero attached hydrogens (tertiary/aromatic N) is 2. The van der Waals surface area contributed by atoms with Gasteiger partial charge in [0.25, 0.3) is 11.5 Å². The summed E-state index contributed by atoms with van der Waals surface area (Å²) in [6, 6.07) is 0.818. The topological polar surface area (TPSA) is 90.6 Å². The molecule has 1 aromatic rings. The number of halogens is 1. The first-order chi connectivity index (χ1) is 11.3. The Morgan fingerprint density at radius 1 is 1.33 bits per heavy atom. The molecule has 132 valence electrons. The number of hydrogen-bond acceptors (Lipinski definition) is 5. The zero-order chi connectivity index (χ0) is 17.5. The predicted octanol–water partition coefficient (Wildman–Crippen LogP) is 0.362. The lowest BCUT2D eigenvalue weighted by atomic mass is 10.0. The molecule has 1 N–H and O–H groups in total. The van der Waals surface area contributed by atoms with Crippen molar-refractivity contribution in [3.05, 3.63) is 33.2 Å². The summed E-state index contributed by atoms with van der Waals surface area (Å²) in [5, 5.41) is -0.0546. The van der Waals surface area contributed by atoms with Crippen molar-refractivity contribution in [2.24, 2.45) is 0 Å². The molecule has 24 heavy (non-hydrogen) atoms. The number of aromatic nitrogens is 1. The largest absolute Gasteiger partial charge is 0.332 e. The first-order valence-corrected chi connectivity index (χ1v) is 10.2. The maximum Gasteiger partial charge on any atom is 0.266 e. The third-order valence-electron chi connectivity index (χ3n) is 4.67. The van der Waals surface area contributed by atoms with Gasteiger partial charge in [0, 0.05) is 25.3 Å². The molecule has 2 aliphatic rings. The molecule has 2 aliphatic heterocycles. The fraction of sp³-hybridized carbons (Fsp3) is 0.600. The van der Waals surface area contributed by atoms with Gasteiger partial charge >= 0.3 is 0 Å². The maximum absolute atomic E-state index is 12.8. The molecule has 1 amide bonds. The van der Waals surface area contributed by atoms with Crippen molar-refractivity contribution in [1.82, 2.24) is 14.8 Å². The molecule has 3 rings (SSSR count). The van der Waals surface area contributed by atoms with Gasteiger partial charge in [-0.2, -0.15) is 0 Å². The van der Waals surface area contributed by atoms with Gasteiger partial charge in [-0.3, -0.25) is 14.5 Å². The lowest BCUT2D eigenvalue weighted by Gasteiger charge is -2.43. The third kappa shape index (κ3) is 3.22. The summed E-state index contributed by atoms with van der Waals surface area (Å²) in [6.07, 6.45) is 2.26. The van der Waals surface area contributed by atoms with Crippen molar-refractivity contribution in [2.75, 3.05) is 31.1 Å². The molecular weight excluding hydrogens is 354 g/mol. The molecular formula is C15H20ClN3O4S. The summed E-state index contributed by atoms with van der Waals surface area (Å²) in [5.41, 5.74) is -0.186. The molecule has 0 bridgehead atoms. The quantitative estimate of drug-likeness (QED) is 0.826. The number of carbonyl (C=O) groups is 1. The maximum atomic E-state index is 12.8. The number of piperazine rings is 1. The van der Waals surface area contributed by atoms with E-state index in [1.54, 1.807) is 4.90 Å². The fourth-order valence-electron chi connectivity index (χ4n) is 3.59. The van der Waals surface area contributed by atoms with Gasteiger partial charge in [0.2, 0.25) is 0 Å². The Hall–Kier alpha value is -1.38. The van der Waals surface area contributed by atoms with Gasteiger partial charge in [-0.05, 0) is 19.0 Å². The molecule has 0 saturated carbocycles. The number of pyridine rings is 1. The van der Waals surface area contributed by atoms with Crippen LogP contribution in [0.1, 0.15) is 23.7 Å². The first-order valence-electron chi connectivity index (χ1n) is 7.96. The highest BCUT2D eigenvalue weighted by molar-refractivity contribution is 7.91. The number of rotatable bonds is 3. The molecule has 0 unspecified atom stereocenters. The monoisotopic (exact) mass is 373 g/mol. The standard InChI is InChI=1S/C15H20ClN3O4S/c1-2-3-18-4-5-19(13-9-24(22,23)8-12(13)18)15(21)10-6-11(16)14(20)17-7-10/h6-7,12-13H,2-5,8-9H2,1H3,(H,17,20)/t12-,13+/m1/s1. The van der Waals surface area contributed by atoms with Crippen LogP contribution in [-0.2, 0) is 9.84 Å². The van der Waals surface area contributed by atoms with Gasteiger partial charge in [0.1, 0.15) is 5.02 Å². The van der Waals surface area contributed by atoms with E-state index in [0.29, 0.717) is 13.1 Å². The van der Waals surface area contributed by atoms with Gasteiger partial charge in [-0.15, -0.1) is 0 Å². The van der Waals surface area contributed by atoms with Crippen LogP contribution in [0.25, 0.3) is 0 Å². The minimum Gasteiger partial charge on any atom is -0.332 e. The second-order valence-corrected chi connectivity index (χ2v) is 8.87. The normalized spacial score (nSPS) is 26.3. The summed E-state index contributed by atoms with van der Waals surface area (Å²) in [4.78, 5) is 30.4. The van der Waals surface area contributed by atoms with E-state index in [9.17, 15) is 18.0 Å². The van der Waals surface area contributed by atoms with Crippen LogP contribution < -0.4 is 5.56 Å². The van der Waals surface area contributed by atoms with Crippen LogP contribution in [0.15, 0.2) is 17.1 Å². The van der Waals surface area contributed by atoms with E-state index in [0.717, 1.165) is 13.0 Å². The van der Waals surface area contributed by atoms with E-state index in [2.05, 4.69) is 16.8 Å². The average molecular weight is 374 g/mol. The van der Waals surface area contributed by atoms with E-state index < -0.39 is 15.4 Å². The lowest BCUT2D eigenvalue weighted by Crippen LogP contribution is -2.60. The fourth-order valence-corrected chi connectivity index (χ4v) is 5.77. The van der Waals surface area contributed by atoms with E-state index in [1.165, 1.54) is 12.3 Å². The summed E-state index contributed by atoms with van der Waals surface area (Å²) in [7, 11) is -3.16. The van der Waals surface area contributed by atoms with Crippen LogP contribution >= 0.6 is 11.6 Å². The molecule has 3 heterocycles. The number of fused-ring (bicyclic) bond motifs is 1. The van der Waals surface area contributed by atoms with Crippen molar-refractivity contribution in [2.45, 2.75) is 25.4 Å². The minimum atomic E-state index is -3.16. The number of sulfone groups is 1. The zero-order valence-corrected chi connectivity index (χ0v) is 14.9. The Balaban J connectivity index is 1.89. The molecule has 7 nitrogen and oxygen atoms in total. The number of nitrogens with one attached hydrogen (secondary N) is 1. The highest BCUT2D eigenvalue weighted by Crippen LogP contribution is 2.28. The van der Waals surface area contributed by atoms with E-state index in [4.69, 9.17) is 11.6 Å². The highest BCUT2D eigenvalue weighted by atomic mass is 35.5. The van der Waals surface area contributed by atoms with Gasteiger partial charge in [-0.1, -0.05) is 18.5 Å². The van der Waals surface area contributed by atoms with Gasteiger partial charge < -0.3 is 9.88 Å². The summed E-state index contributed by atoms with van der Waals surface area (Å²) in [5.74, 6) is -0.217. The SMILES string of the molecule is CCCN1CCN(C(=O)c2c[nH]c(=O)c(Cl)c2)[C@H]2CS(=O)(=O)C[C@H]21. The second kappa shape index (κ2) is 6.50. The Bertz CT molecular complexity index is 807. The van der Waals surface area contributed by atoms with Gasteiger partial charge in [-0.25, -0.2) is 8.42 Å². The van der Waals surface area contributed by atoms with Crippen molar-refractivity contribution >= 4 is 27.3 Å². The molecule has 0 spiro atoms. The summed E-state index contributed by atoms with van der Waals surface area (Å²) < 4.78 is 24.2. The Labute approximate surface area is 145 Å². The number of carbonyl (C=O) groups excluding carboxylic acids is 1. The van der Waals surface area contributed by atoms with Crippen molar-refractivity contribution in [3.63, 3.8) is 0 Å². The molecule has 2 saturated heterocycles. The van der Waals surface area contributed by atoms with Crippen LogP contribution in [-0.4, -0.2) is 72.3 Å². The number of amides is 1. The van der Waals surface area contributed by atoms with Crippen LogP contribution in [0.5, 0.6) is 0 Å². The van der Waals surface area contributed by atoms with Crippen LogP contribution in [0.2, 0.25) is 5.02 Å². The van der Waals surface area contributed by atoms with Crippen LogP contribution in [0.4, 0.5) is 0 Å². The smallest absolute Gasteiger partial charge is 0.266 e. The Morgan fingerprint density at radius 2 is 2.04 bits per heavy atom. The zero-order valence-electron chi connectivity index (χ0n) is 13.4. The summed E-state index contributed by atoms with van der Waals surface area (Å²) in [6.45, 7) is 3.99. The summed E-state index contributed by atoms with van der Waals surface area (Å²) >= 11 is 5.80. The molecule has 1 aromatic heterocycles. The molecule has 2 atom stereocenters. The lowest BCUT2D eigenvalue weighted by molar-refractivity contribution is 0.0332. The van der Waals surface area contributed by atoms with Crippen LogP contribution in [0.3, 0.4) is 0 Å². The van der Waals surface area contributed by atoms with E-state index in [1.807, 2.05) is 0 Å². The predicted molar refractivity (Wildman–Crippen MR) is 91.2 cm³/mol. The molecule has 2 fully saturated rings. The molecule has 0 aliphatic carbocycles. The van der Waals surface area contributed by atoms with Crippen molar-refractivity contribution in [3.8, 4) is 0 Å². The van der Waals surface area contributed by atoms with E-state index in [-0.39, 0.29) is 40.1 Å². The molecule has 0 radical (unpaired) electrons. The minimum absolute atomic E-state index is 0.0132. The molecule has 0 aromatic carbocycles. The first kappa shape index (κ1) is 17.4. The number of hydrogen-bond donors (Lipinski definition) is 1. The number of aromatic amines is 1. The Morgan fingerprint density at radius 3 is 2.71 bits per heavy atom. The van der Waals surface area contributed by atoms with Gasteiger partial charge in [0.15, 0.2) is 9.84 Å². The highest BCUT2D eigenvalue weighted by Gasteiger charge is 2.47. The van der Waals surface area contributed by atoms with Crippen LogP contribution in [0, 0.1) is 0 Å². The number of H-pyrrole nitrogens is 1. The van der Waals surface area contributed by atoms with Crippen molar-refractivity contribution < 1.29 is 13.2 Å². The second-order valence-electron chi connectivity index (χ2n) is 6.31. The Kier molecular flexibility index (Phi) is 4.72. The average Bonchev–Trinajstić information content (AvgIpc) is 2.85. The van der Waals surface area contributed by atoms with E-state index >= 15 is 0 Å². The van der Waals surface area contributed by atoms with Gasteiger partial charge in [0.05, 0.1) is 23.1 Å².